The minimum absolute atomic E-state index is 0.0700. The minimum atomic E-state index is -1.04. The van der Waals surface area contributed by atoms with E-state index in [1.54, 1.807) is 0 Å². The summed E-state index contributed by atoms with van der Waals surface area (Å²) in [4.78, 5) is 20.8. The molecule has 0 aliphatic heterocycles. The van der Waals surface area contributed by atoms with E-state index in [9.17, 15) is 9.90 Å². The third kappa shape index (κ3) is 1.97. The van der Waals surface area contributed by atoms with Crippen LogP contribution in [0.3, 0.4) is 0 Å². The van der Waals surface area contributed by atoms with Crippen molar-refractivity contribution in [3.8, 4) is 10.6 Å². The van der Waals surface area contributed by atoms with E-state index in [0.717, 1.165) is 4.88 Å². The lowest BCUT2D eigenvalue weighted by Crippen LogP contribution is -2.08. The Morgan fingerprint density at radius 2 is 2.32 bits per heavy atom. The van der Waals surface area contributed by atoms with Crippen molar-refractivity contribution in [2.24, 2.45) is 0 Å². The number of fused-ring (bicyclic) bond motifs is 1. The average Bonchev–Trinajstić information content (AvgIpc) is 3.05. The highest BCUT2D eigenvalue weighted by Gasteiger charge is 2.16. The predicted molar refractivity (Wildman–Crippen MR) is 70.4 cm³/mol. The molecule has 6 nitrogen and oxygen atoms in total. The van der Waals surface area contributed by atoms with Crippen LogP contribution in [0.1, 0.15) is 23.2 Å². The SMILES string of the molecule is CCc1nc2nc(-c3cccs3)cc(C(=O)O)n2n1. The number of rotatable bonds is 3. The molecule has 1 N–H and O–H groups in total. The molecule has 3 heterocycles. The van der Waals surface area contributed by atoms with Crippen molar-refractivity contribution in [1.29, 1.82) is 0 Å². The number of hydrogen-bond donors (Lipinski definition) is 1. The third-order valence-electron chi connectivity index (χ3n) is 2.66. The van der Waals surface area contributed by atoms with Crippen LogP contribution in [-0.4, -0.2) is 30.7 Å². The fourth-order valence-electron chi connectivity index (χ4n) is 1.76. The maximum atomic E-state index is 11.3. The summed E-state index contributed by atoms with van der Waals surface area (Å²) in [6.45, 7) is 1.91. The van der Waals surface area contributed by atoms with Crippen LogP contribution in [0.15, 0.2) is 23.6 Å². The van der Waals surface area contributed by atoms with Gasteiger partial charge in [-0.2, -0.15) is 9.50 Å². The second-order valence-corrected chi connectivity index (χ2v) is 4.85. The summed E-state index contributed by atoms with van der Waals surface area (Å²) >= 11 is 1.50. The van der Waals surface area contributed by atoms with Crippen LogP contribution in [-0.2, 0) is 6.42 Å². The van der Waals surface area contributed by atoms with Gasteiger partial charge in [-0.05, 0) is 17.5 Å². The Bertz CT molecular complexity index is 749. The molecule has 7 heteroatoms. The maximum absolute atomic E-state index is 11.3. The predicted octanol–water partition coefficient (Wildman–Crippen LogP) is 2.11. The van der Waals surface area contributed by atoms with Gasteiger partial charge < -0.3 is 5.11 Å². The van der Waals surface area contributed by atoms with Crippen molar-refractivity contribution in [3.63, 3.8) is 0 Å². The first-order chi connectivity index (χ1) is 9.19. The Balaban J connectivity index is 2.29. The first-order valence-electron chi connectivity index (χ1n) is 5.73. The molecule has 0 atom stereocenters. The fraction of sp³-hybridized carbons (Fsp3) is 0.167. The topological polar surface area (TPSA) is 80.4 Å². The molecule has 0 aliphatic rings. The molecule has 0 radical (unpaired) electrons. The highest BCUT2D eigenvalue weighted by molar-refractivity contribution is 7.13. The van der Waals surface area contributed by atoms with Crippen LogP contribution >= 0.6 is 11.3 Å². The fourth-order valence-corrected chi connectivity index (χ4v) is 2.45. The van der Waals surface area contributed by atoms with Crippen LogP contribution in [0.5, 0.6) is 0 Å². The standard InChI is InChI=1S/C12H10N4O2S/c1-2-10-14-12-13-7(9-4-3-5-19-9)6-8(11(17)18)16(12)15-10/h3-6H,2H2,1H3,(H,17,18). The largest absolute Gasteiger partial charge is 0.477 e. The lowest BCUT2D eigenvalue weighted by atomic mass is 10.3. The van der Waals surface area contributed by atoms with Gasteiger partial charge in [-0.25, -0.2) is 9.78 Å². The number of thiophene rings is 1. The van der Waals surface area contributed by atoms with Gasteiger partial charge in [0.05, 0.1) is 10.6 Å². The molecule has 96 valence electrons. The van der Waals surface area contributed by atoms with E-state index in [-0.39, 0.29) is 5.69 Å². The molecule has 0 unspecified atom stereocenters. The number of carboxylic acids is 1. The molecule has 0 aromatic carbocycles. The monoisotopic (exact) mass is 274 g/mol. The summed E-state index contributed by atoms with van der Waals surface area (Å²) in [6.07, 6.45) is 0.636. The van der Waals surface area contributed by atoms with Gasteiger partial charge in [-0.3, -0.25) is 0 Å². The molecular formula is C12H10N4O2S. The summed E-state index contributed by atoms with van der Waals surface area (Å²) < 4.78 is 1.28. The molecule has 0 saturated heterocycles. The Kier molecular flexibility index (Phi) is 2.75. The Labute approximate surface area is 112 Å². The molecule has 0 spiro atoms. The summed E-state index contributed by atoms with van der Waals surface area (Å²) in [5.41, 5.74) is 0.676. The van der Waals surface area contributed by atoms with Crippen molar-refractivity contribution in [3.05, 3.63) is 35.1 Å². The van der Waals surface area contributed by atoms with Gasteiger partial charge in [0.25, 0.3) is 5.78 Å². The highest BCUT2D eigenvalue weighted by atomic mass is 32.1. The van der Waals surface area contributed by atoms with Gasteiger partial charge in [0.1, 0.15) is 0 Å². The van der Waals surface area contributed by atoms with Crippen molar-refractivity contribution >= 4 is 23.1 Å². The number of hydrogen-bond acceptors (Lipinski definition) is 5. The van der Waals surface area contributed by atoms with E-state index in [4.69, 9.17) is 0 Å². The molecule has 0 bridgehead atoms. The molecule has 19 heavy (non-hydrogen) atoms. The first-order valence-corrected chi connectivity index (χ1v) is 6.61. The minimum Gasteiger partial charge on any atom is -0.477 e. The zero-order valence-corrected chi connectivity index (χ0v) is 10.9. The van der Waals surface area contributed by atoms with Gasteiger partial charge in [0, 0.05) is 6.42 Å². The Hall–Kier alpha value is -2.28. The molecule has 3 aromatic heterocycles. The van der Waals surface area contributed by atoms with E-state index >= 15 is 0 Å². The van der Waals surface area contributed by atoms with Crippen LogP contribution in [0.25, 0.3) is 16.3 Å². The highest BCUT2D eigenvalue weighted by Crippen LogP contribution is 2.24. The lowest BCUT2D eigenvalue weighted by molar-refractivity contribution is 0.0687. The molecule has 0 amide bonds. The normalized spacial score (nSPS) is 11.0. The summed E-state index contributed by atoms with van der Waals surface area (Å²) in [7, 11) is 0. The van der Waals surface area contributed by atoms with E-state index in [0.29, 0.717) is 23.7 Å². The van der Waals surface area contributed by atoms with Gasteiger partial charge in [0.15, 0.2) is 11.5 Å². The molecule has 0 saturated carbocycles. The summed E-state index contributed by atoms with van der Waals surface area (Å²) in [6, 6.07) is 5.31. The second kappa shape index (κ2) is 4.43. The van der Waals surface area contributed by atoms with E-state index in [1.165, 1.54) is 21.9 Å². The van der Waals surface area contributed by atoms with E-state index in [2.05, 4.69) is 15.1 Å². The van der Waals surface area contributed by atoms with Crippen LogP contribution in [0.4, 0.5) is 0 Å². The van der Waals surface area contributed by atoms with Crippen molar-refractivity contribution in [2.75, 3.05) is 0 Å². The number of aromatic carboxylic acids is 1. The van der Waals surface area contributed by atoms with Crippen molar-refractivity contribution in [2.45, 2.75) is 13.3 Å². The van der Waals surface area contributed by atoms with Gasteiger partial charge >= 0.3 is 5.97 Å². The summed E-state index contributed by atoms with van der Waals surface area (Å²) in [5, 5.41) is 15.3. The van der Waals surface area contributed by atoms with E-state index in [1.807, 2.05) is 24.4 Å². The van der Waals surface area contributed by atoms with Crippen molar-refractivity contribution in [1.82, 2.24) is 19.6 Å². The number of nitrogens with zero attached hydrogens (tertiary/aromatic N) is 4. The lowest BCUT2D eigenvalue weighted by Gasteiger charge is -2.01. The number of carbonyl (C=O) groups is 1. The van der Waals surface area contributed by atoms with Gasteiger partial charge in [-0.15, -0.1) is 16.4 Å². The quantitative estimate of drug-likeness (QED) is 0.791. The molecule has 3 aromatic rings. The van der Waals surface area contributed by atoms with Crippen LogP contribution < -0.4 is 0 Å². The van der Waals surface area contributed by atoms with Crippen molar-refractivity contribution < 1.29 is 9.90 Å². The number of aryl methyl sites for hydroxylation is 1. The first kappa shape index (κ1) is 11.8. The number of aromatic nitrogens is 4. The molecule has 3 rings (SSSR count). The van der Waals surface area contributed by atoms with Gasteiger partial charge in [-0.1, -0.05) is 13.0 Å². The molecule has 0 fully saturated rings. The number of carboxylic acid groups (broad SMARTS) is 1. The molecular weight excluding hydrogens is 264 g/mol. The smallest absolute Gasteiger partial charge is 0.354 e. The van der Waals surface area contributed by atoms with E-state index < -0.39 is 5.97 Å². The maximum Gasteiger partial charge on any atom is 0.354 e. The Morgan fingerprint density at radius 3 is 2.95 bits per heavy atom. The Morgan fingerprint density at radius 1 is 1.47 bits per heavy atom. The van der Waals surface area contributed by atoms with Gasteiger partial charge in [0.2, 0.25) is 0 Å². The summed E-state index contributed by atoms with van der Waals surface area (Å²) in [5.74, 6) is -0.142. The second-order valence-electron chi connectivity index (χ2n) is 3.90. The average molecular weight is 274 g/mol. The van der Waals surface area contributed by atoms with Crippen LogP contribution in [0.2, 0.25) is 0 Å². The zero-order valence-electron chi connectivity index (χ0n) is 10.1. The molecule has 0 aliphatic carbocycles. The van der Waals surface area contributed by atoms with Crippen LogP contribution in [0, 0.1) is 0 Å². The zero-order chi connectivity index (χ0) is 13.4. The third-order valence-corrected chi connectivity index (χ3v) is 3.56.